The van der Waals surface area contributed by atoms with Crippen LogP contribution in [0.3, 0.4) is 0 Å². The number of nitrogens with zero attached hydrogens (tertiary/aromatic N) is 1. The molecule has 31 heavy (non-hydrogen) atoms. The van der Waals surface area contributed by atoms with Gasteiger partial charge in [-0.15, -0.1) is 0 Å². The van der Waals surface area contributed by atoms with Crippen molar-refractivity contribution >= 4 is 63.5 Å². The molecule has 1 amide bonds. The molecule has 0 aliphatic heterocycles. The van der Waals surface area contributed by atoms with Crippen LogP contribution in [0.1, 0.15) is 5.56 Å². The van der Waals surface area contributed by atoms with Crippen LogP contribution < -0.4 is 10.1 Å². The Morgan fingerprint density at radius 3 is 2.65 bits per heavy atom. The Hall–Kier alpha value is -2.99. The van der Waals surface area contributed by atoms with Crippen molar-refractivity contribution in [3.8, 4) is 17.1 Å². The van der Waals surface area contributed by atoms with Gasteiger partial charge in [-0.05, 0) is 48.5 Å². The van der Waals surface area contributed by atoms with Crippen molar-refractivity contribution in [3.63, 3.8) is 0 Å². The number of hydrogen-bond donors (Lipinski definition) is 2. The summed E-state index contributed by atoms with van der Waals surface area (Å²) < 4.78 is 5.29. The molecular formula is C23H16Cl3N3O2. The molecule has 0 saturated carbocycles. The Morgan fingerprint density at radius 1 is 1.06 bits per heavy atom. The summed E-state index contributed by atoms with van der Waals surface area (Å²) in [6, 6.07) is 16.3. The molecule has 2 N–H and O–H groups in total. The Balaban J connectivity index is 1.57. The molecule has 3 aromatic carbocycles. The van der Waals surface area contributed by atoms with Gasteiger partial charge in [0.25, 0.3) is 0 Å². The maximum Gasteiger partial charge on any atom is 0.248 e. The minimum atomic E-state index is -0.373. The number of para-hydroxylation sites is 2. The van der Waals surface area contributed by atoms with E-state index in [2.05, 4.69) is 15.3 Å². The zero-order valence-electron chi connectivity index (χ0n) is 16.2. The quantitative estimate of drug-likeness (QED) is 0.312. The molecule has 0 spiro atoms. The third-order valence-electron chi connectivity index (χ3n) is 4.54. The standard InChI is InChI=1S/C23H16Cl3N3O2/c1-31-22-13(10-15(24)12-17(22)26)7-9-21(30)27-20-11-14(6-8-16(20)25)23-28-18-4-2-3-5-19(18)29-23/h2-12H,1H3,(H,27,30)(H,28,29). The number of carbonyl (C=O) groups excluding carboxylic acids is 1. The number of methoxy groups -OCH3 is 1. The lowest BCUT2D eigenvalue weighted by Crippen LogP contribution is -2.08. The van der Waals surface area contributed by atoms with E-state index in [0.29, 0.717) is 37.9 Å². The van der Waals surface area contributed by atoms with E-state index in [0.717, 1.165) is 16.6 Å². The number of aromatic amines is 1. The molecule has 8 heteroatoms. The molecule has 4 aromatic rings. The van der Waals surface area contributed by atoms with Crippen molar-refractivity contribution in [2.24, 2.45) is 0 Å². The molecule has 0 aliphatic carbocycles. The Labute approximate surface area is 193 Å². The van der Waals surface area contributed by atoms with Crippen molar-refractivity contribution in [1.82, 2.24) is 9.97 Å². The largest absolute Gasteiger partial charge is 0.495 e. The molecule has 1 aromatic heterocycles. The Bertz CT molecular complexity index is 1280. The van der Waals surface area contributed by atoms with Crippen molar-refractivity contribution in [2.45, 2.75) is 0 Å². The Morgan fingerprint density at radius 2 is 1.87 bits per heavy atom. The summed E-state index contributed by atoms with van der Waals surface area (Å²) in [6.07, 6.45) is 2.93. The summed E-state index contributed by atoms with van der Waals surface area (Å²) >= 11 is 18.5. The van der Waals surface area contributed by atoms with Crippen LogP contribution in [0.2, 0.25) is 15.1 Å². The summed E-state index contributed by atoms with van der Waals surface area (Å²) in [5, 5.41) is 3.99. The second kappa shape index (κ2) is 9.02. The van der Waals surface area contributed by atoms with E-state index in [1.807, 2.05) is 30.3 Å². The van der Waals surface area contributed by atoms with Crippen LogP contribution in [0, 0.1) is 0 Å². The van der Waals surface area contributed by atoms with E-state index < -0.39 is 0 Å². The lowest BCUT2D eigenvalue weighted by atomic mass is 10.1. The molecule has 4 rings (SSSR count). The second-order valence-electron chi connectivity index (χ2n) is 6.63. The van der Waals surface area contributed by atoms with Crippen molar-refractivity contribution in [3.05, 3.63) is 81.3 Å². The number of nitrogens with one attached hydrogen (secondary N) is 2. The van der Waals surface area contributed by atoms with Crippen LogP contribution in [-0.2, 0) is 4.79 Å². The van der Waals surface area contributed by atoms with Crippen LogP contribution >= 0.6 is 34.8 Å². The normalized spacial score (nSPS) is 11.2. The van der Waals surface area contributed by atoms with E-state index >= 15 is 0 Å². The van der Waals surface area contributed by atoms with Gasteiger partial charge in [0.1, 0.15) is 11.6 Å². The average molecular weight is 473 g/mol. The zero-order valence-corrected chi connectivity index (χ0v) is 18.5. The highest BCUT2D eigenvalue weighted by Gasteiger charge is 2.11. The Kier molecular flexibility index (Phi) is 6.18. The first kappa shape index (κ1) is 21.2. The second-order valence-corrected chi connectivity index (χ2v) is 7.88. The van der Waals surface area contributed by atoms with Crippen molar-refractivity contribution < 1.29 is 9.53 Å². The van der Waals surface area contributed by atoms with Crippen molar-refractivity contribution in [2.75, 3.05) is 12.4 Å². The number of H-pyrrole nitrogens is 1. The van der Waals surface area contributed by atoms with Gasteiger partial charge < -0.3 is 15.0 Å². The number of amides is 1. The first-order valence-corrected chi connectivity index (χ1v) is 10.3. The fraction of sp³-hybridized carbons (Fsp3) is 0.0435. The molecule has 0 atom stereocenters. The van der Waals surface area contributed by atoms with Gasteiger partial charge in [0, 0.05) is 22.2 Å². The zero-order chi connectivity index (χ0) is 22.0. The van der Waals surface area contributed by atoms with E-state index in [1.165, 1.54) is 13.2 Å². The van der Waals surface area contributed by atoms with Gasteiger partial charge in [-0.25, -0.2) is 4.98 Å². The molecule has 0 radical (unpaired) electrons. The molecule has 1 heterocycles. The monoisotopic (exact) mass is 471 g/mol. The number of rotatable bonds is 5. The van der Waals surface area contributed by atoms with Crippen LogP contribution in [0.25, 0.3) is 28.5 Å². The number of fused-ring (bicyclic) bond motifs is 1. The third-order valence-corrected chi connectivity index (χ3v) is 5.37. The van der Waals surface area contributed by atoms with E-state index in [9.17, 15) is 4.79 Å². The van der Waals surface area contributed by atoms with E-state index in [-0.39, 0.29) is 5.91 Å². The number of aromatic nitrogens is 2. The van der Waals surface area contributed by atoms with Crippen LogP contribution in [0.15, 0.2) is 60.7 Å². The fourth-order valence-electron chi connectivity index (χ4n) is 3.12. The maximum atomic E-state index is 12.5. The highest BCUT2D eigenvalue weighted by molar-refractivity contribution is 6.36. The van der Waals surface area contributed by atoms with Gasteiger partial charge in [-0.1, -0.05) is 46.9 Å². The maximum absolute atomic E-state index is 12.5. The highest BCUT2D eigenvalue weighted by atomic mass is 35.5. The summed E-state index contributed by atoms with van der Waals surface area (Å²) in [4.78, 5) is 20.4. The number of imidazole rings is 1. The molecular weight excluding hydrogens is 457 g/mol. The lowest BCUT2D eigenvalue weighted by molar-refractivity contribution is -0.111. The number of ether oxygens (including phenoxy) is 1. The number of halogens is 3. The van der Waals surface area contributed by atoms with Gasteiger partial charge in [-0.2, -0.15) is 0 Å². The summed E-state index contributed by atoms with van der Waals surface area (Å²) in [5.74, 6) is 0.740. The van der Waals surface area contributed by atoms with Crippen LogP contribution in [0.4, 0.5) is 5.69 Å². The van der Waals surface area contributed by atoms with E-state index in [1.54, 1.807) is 30.3 Å². The van der Waals surface area contributed by atoms with E-state index in [4.69, 9.17) is 39.5 Å². The number of hydrogen-bond acceptors (Lipinski definition) is 3. The topological polar surface area (TPSA) is 67.0 Å². The third kappa shape index (κ3) is 4.69. The van der Waals surface area contributed by atoms with Gasteiger partial charge in [0.05, 0.1) is 33.9 Å². The van der Waals surface area contributed by atoms with Gasteiger partial charge in [-0.3, -0.25) is 4.79 Å². The minimum Gasteiger partial charge on any atom is -0.495 e. The highest BCUT2D eigenvalue weighted by Crippen LogP contribution is 2.33. The summed E-state index contributed by atoms with van der Waals surface area (Å²) in [6.45, 7) is 0. The molecule has 0 saturated heterocycles. The summed E-state index contributed by atoms with van der Waals surface area (Å²) in [7, 11) is 1.50. The lowest BCUT2D eigenvalue weighted by Gasteiger charge is -2.09. The molecule has 0 fully saturated rings. The first-order valence-electron chi connectivity index (χ1n) is 9.21. The first-order chi connectivity index (χ1) is 14.9. The van der Waals surface area contributed by atoms with Gasteiger partial charge in [0.15, 0.2) is 0 Å². The van der Waals surface area contributed by atoms with Crippen molar-refractivity contribution in [1.29, 1.82) is 0 Å². The predicted molar refractivity (Wildman–Crippen MR) is 127 cm³/mol. The molecule has 0 unspecified atom stereocenters. The molecule has 0 aliphatic rings. The smallest absolute Gasteiger partial charge is 0.248 e. The number of benzene rings is 3. The predicted octanol–water partition coefficient (Wildman–Crippen LogP) is 6.85. The molecule has 5 nitrogen and oxygen atoms in total. The van der Waals surface area contributed by atoms with Gasteiger partial charge >= 0.3 is 0 Å². The molecule has 0 bridgehead atoms. The average Bonchev–Trinajstić information content (AvgIpc) is 3.18. The van der Waals surface area contributed by atoms with Gasteiger partial charge in [0.2, 0.25) is 5.91 Å². The number of carbonyl (C=O) groups is 1. The van der Waals surface area contributed by atoms with Crippen LogP contribution in [-0.4, -0.2) is 23.0 Å². The molecule has 156 valence electrons. The number of anilines is 1. The summed E-state index contributed by atoms with van der Waals surface area (Å²) in [5.41, 5.74) is 3.62. The SMILES string of the molecule is COc1c(Cl)cc(Cl)cc1C=CC(=O)Nc1cc(-c2nc3ccccc3[nH]2)ccc1Cl. The minimum absolute atomic E-state index is 0.358. The fourth-order valence-corrected chi connectivity index (χ4v) is 3.87. The van der Waals surface area contributed by atoms with Crippen LogP contribution in [0.5, 0.6) is 5.75 Å².